The third kappa shape index (κ3) is 7.28. The van der Waals surface area contributed by atoms with Crippen LogP contribution in [0.1, 0.15) is 25.1 Å². The number of nitrogens with zero attached hydrogens (tertiary/aromatic N) is 4. The third-order valence-corrected chi connectivity index (χ3v) is 4.87. The van der Waals surface area contributed by atoms with Crippen molar-refractivity contribution in [3.63, 3.8) is 0 Å². The van der Waals surface area contributed by atoms with E-state index in [1.807, 2.05) is 31.2 Å². The highest BCUT2D eigenvalue weighted by Gasteiger charge is 2.20. The summed E-state index contributed by atoms with van der Waals surface area (Å²) in [7, 11) is 0. The standard InChI is InChI=1S/C21H30N6O2.HI/c1-3-17-6-5-7-18(14-17)24-20(28)15-23-21(22-4-2)27-11-9-26(10-12-27)16-19-8-13-29-25-19;/h5-8,13-14H,3-4,9-12,15-16H2,1-2H3,(H,22,23)(H,24,28);1H. The van der Waals surface area contributed by atoms with Crippen LogP contribution in [-0.2, 0) is 17.8 Å². The molecule has 1 aliphatic rings. The molecule has 2 N–H and O–H groups in total. The summed E-state index contributed by atoms with van der Waals surface area (Å²) in [6.07, 6.45) is 2.54. The second-order valence-corrected chi connectivity index (χ2v) is 7.03. The smallest absolute Gasteiger partial charge is 0.246 e. The first-order valence-electron chi connectivity index (χ1n) is 10.2. The van der Waals surface area contributed by atoms with Gasteiger partial charge in [0.15, 0.2) is 5.96 Å². The minimum absolute atomic E-state index is 0. The average molecular weight is 526 g/mol. The lowest BCUT2D eigenvalue weighted by molar-refractivity contribution is -0.114. The van der Waals surface area contributed by atoms with E-state index in [4.69, 9.17) is 4.52 Å². The van der Waals surface area contributed by atoms with Gasteiger partial charge in [0.1, 0.15) is 12.8 Å². The average Bonchev–Trinajstić information content (AvgIpc) is 3.25. The fourth-order valence-electron chi connectivity index (χ4n) is 3.31. The van der Waals surface area contributed by atoms with Crippen molar-refractivity contribution in [3.8, 4) is 0 Å². The highest BCUT2D eigenvalue weighted by molar-refractivity contribution is 14.0. The molecule has 0 spiro atoms. The number of rotatable bonds is 7. The van der Waals surface area contributed by atoms with Gasteiger partial charge in [-0.05, 0) is 31.0 Å². The molecule has 0 aliphatic carbocycles. The van der Waals surface area contributed by atoms with Crippen molar-refractivity contribution < 1.29 is 9.32 Å². The summed E-state index contributed by atoms with van der Waals surface area (Å²) in [6, 6.07) is 9.81. The van der Waals surface area contributed by atoms with E-state index in [0.717, 1.165) is 63.0 Å². The Kier molecular flexibility index (Phi) is 10.1. The summed E-state index contributed by atoms with van der Waals surface area (Å²) in [6.45, 7) is 9.30. The zero-order valence-corrected chi connectivity index (χ0v) is 20.0. The number of carbonyl (C=O) groups excluding carboxylic acids is 1. The summed E-state index contributed by atoms with van der Waals surface area (Å²) in [5.74, 6) is 0.671. The van der Waals surface area contributed by atoms with E-state index in [1.165, 1.54) is 5.56 Å². The van der Waals surface area contributed by atoms with Crippen molar-refractivity contribution in [2.24, 2.45) is 4.99 Å². The maximum atomic E-state index is 12.3. The zero-order valence-electron chi connectivity index (χ0n) is 17.6. The molecule has 0 unspecified atom stereocenters. The lowest BCUT2D eigenvalue weighted by atomic mass is 10.1. The number of benzene rings is 1. The first-order chi connectivity index (χ1) is 14.2. The van der Waals surface area contributed by atoms with Crippen molar-refractivity contribution in [2.75, 3.05) is 44.6 Å². The molecule has 0 bridgehead atoms. The number of aryl methyl sites for hydroxylation is 1. The largest absolute Gasteiger partial charge is 0.364 e. The molecular formula is C21H31IN6O2. The van der Waals surface area contributed by atoms with Crippen LogP contribution >= 0.6 is 24.0 Å². The Bertz CT molecular complexity index is 804. The van der Waals surface area contributed by atoms with Gasteiger partial charge in [0.25, 0.3) is 0 Å². The van der Waals surface area contributed by atoms with Crippen LogP contribution in [0.5, 0.6) is 0 Å². The molecule has 1 aromatic carbocycles. The van der Waals surface area contributed by atoms with Crippen LogP contribution in [0, 0.1) is 0 Å². The Morgan fingerprint density at radius 1 is 1.20 bits per heavy atom. The van der Waals surface area contributed by atoms with Crippen LogP contribution in [0.3, 0.4) is 0 Å². The molecule has 1 aromatic heterocycles. The highest BCUT2D eigenvalue weighted by atomic mass is 127. The molecule has 3 rings (SSSR count). The van der Waals surface area contributed by atoms with Gasteiger partial charge in [-0.15, -0.1) is 24.0 Å². The highest BCUT2D eigenvalue weighted by Crippen LogP contribution is 2.11. The van der Waals surface area contributed by atoms with Crippen LogP contribution in [0.25, 0.3) is 0 Å². The summed E-state index contributed by atoms with van der Waals surface area (Å²) in [5.41, 5.74) is 2.96. The maximum absolute atomic E-state index is 12.3. The second-order valence-electron chi connectivity index (χ2n) is 7.03. The lowest BCUT2D eigenvalue weighted by Gasteiger charge is -2.36. The van der Waals surface area contributed by atoms with E-state index < -0.39 is 0 Å². The van der Waals surface area contributed by atoms with Gasteiger partial charge in [-0.3, -0.25) is 9.69 Å². The number of piperazine rings is 1. The SMILES string of the molecule is CCNC(=NCC(=O)Nc1cccc(CC)c1)N1CCN(Cc2ccon2)CC1.I. The summed E-state index contributed by atoms with van der Waals surface area (Å²) in [4.78, 5) is 21.4. The second kappa shape index (κ2) is 12.5. The van der Waals surface area contributed by atoms with Crippen LogP contribution in [0.15, 0.2) is 46.1 Å². The molecule has 1 fully saturated rings. The van der Waals surface area contributed by atoms with E-state index in [-0.39, 0.29) is 36.4 Å². The fraction of sp³-hybridized carbons (Fsp3) is 0.476. The van der Waals surface area contributed by atoms with Crippen molar-refractivity contribution >= 4 is 41.5 Å². The number of nitrogens with one attached hydrogen (secondary N) is 2. The molecule has 8 nitrogen and oxygen atoms in total. The number of halogens is 1. The molecule has 1 aliphatic heterocycles. The van der Waals surface area contributed by atoms with Crippen LogP contribution < -0.4 is 10.6 Å². The molecule has 0 saturated carbocycles. The lowest BCUT2D eigenvalue weighted by Crippen LogP contribution is -2.52. The molecule has 1 amide bonds. The topological polar surface area (TPSA) is 86.0 Å². The molecule has 164 valence electrons. The van der Waals surface area contributed by atoms with Gasteiger partial charge < -0.3 is 20.1 Å². The maximum Gasteiger partial charge on any atom is 0.246 e. The normalized spacial score (nSPS) is 14.9. The van der Waals surface area contributed by atoms with Crippen molar-refractivity contribution in [1.29, 1.82) is 0 Å². The van der Waals surface area contributed by atoms with E-state index in [1.54, 1.807) is 6.26 Å². The molecule has 0 atom stereocenters. The molecule has 1 saturated heterocycles. The number of aromatic nitrogens is 1. The van der Waals surface area contributed by atoms with Gasteiger partial charge in [0.2, 0.25) is 5.91 Å². The van der Waals surface area contributed by atoms with Gasteiger partial charge >= 0.3 is 0 Å². The molecule has 9 heteroatoms. The van der Waals surface area contributed by atoms with E-state index in [0.29, 0.717) is 0 Å². The Hall–Kier alpha value is -2.14. The Balaban J connectivity index is 0.00000320. The van der Waals surface area contributed by atoms with E-state index >= 15 is 0 Å². The number of carbonyl (C=O) groups is 1. The van der Waals surface area contributed by atoms with Crippen molar-refractivity contribution in [3.05, 3.63) is 47.9 Å². The fourth-order valence-corrected chi connectivity index (χ4v) is 3.31. The predicted molar refractivity (Wildman–Crippen MR) is 129 cm³/mol. The third-order valence-electron chi connectivity index (χ3n) is 4.87. The minimum atomic E-state index is -0.113. The number of hydrogen-bond acceptors (Lipinski definition) is 5. The molecule has 0 radical (unpaired) electrons. The van der Waals surface area contributed by atoms with Gasteiger partial charge in [-0.25, -0.2) is 4.99 Å². The Morgan fingerprint density at radius 3 is 2.67 bits per heavy atom. The number of guanidine groups is 1. The van der Waals surface area contributed by atoms with Crippen LogP contribution in [0.4, 0.5) is 5.69 Å². The monoisotopic (exact) mass is 526 g/mol. The Labute approximate surface area is 195 Å². The summed E-state index contributed by atoms with van der Waals surface area (Å²) >= 11 is 0. The number of hydrogen-bond donors (Lipinski definition) is 2. The van der Waals surface area contributed by atoms with Crippen LogP contribution in [-0.4, -0.2) is 66.1 Å². The van der Waals surface area contributed by atoms with Crippen LogP contribution in [0.2, 0.25) is 0 Å². The molecule has 2 aromatic rings. The first kappa shape index (κ1) is 24.1. The molecule has 30 heavy (non-hydrogen) atoms. The van der Waals surface area contributed by atoms with E-state index in [9.17, 15) is 4.79 Å². The zero-order chi connectivity index (χ0) is 20.5. The van der Waals surface area contributed by atoms with Crippen molar-refractivity contribution in [2.45, 2.75) is 26.8 Å². The molecular weight excluding hydrogens is 495 g/mol. The van der Waals surface area contributed by atoms with Gasteiger partial charge in [-0.2, -0.15) is 0 Å². The molecule has 2 heterocycles. The Morgan fingerprint density at radius 2 is 2.00 bits per heavy atom. The summed E-state index contributed by atoms with van der Waals surface area (Å²) < 4.78 is 4.90. The summed E-state index contributed by atoms with van der Waals surface area (Å²) in [5, 5.41) is 10.2. The van der Waals surface area contributed by atoms with Gasteiger partial charge in [-0.1, -0.05) is 24.2 Å². The van der Waals surface area contributed by atoms with E-state index in [2.05, 4.69) is 43.6 Å². The quantitative estimate of drug-likeness (QED) is 0.328. The van der Waals surface area contributed by atoms with Gasteiger partial charge in [0.05, 0.1) is 5.69 Å². The van der Waals surface area contributed by atoms with Gasteiger partial charge in [0, 0.05) is 51.0 Å². The number of aliphatic imine (C=N–C) groups is 1. The predicted octanol–water partition coefficient (Wildman–Crippen LogP) is 2.58. The first-order valence-corrected chi connectivity index (χ1v) is 10.2. The van der Waals surface area contributed by atoms with Crippen molar-refractivity contribution in [1.82, 2.24) is 20.3 Å². The number of anilines is 1. The number of amides is 1. The minimum Gasteiger partial charge on any atom is -0.364 e.